The molecule has 1 fully saturated rings. The van der Waals surface area contributed by atoms with Gasteiger partial charge in [0.05, 0.1) is 5.92 Å². The van der Waals surface area contributed by atoms with Gasteiger partial charge in [0.15, 0.2) is 0 Å². The molecule has 0 radical (unpaired) electrons. The van der Waals surface area contributed by atoms with Crippen LogP contribution in [-0.2, 0) is 20.9 Å². The normalized spacial score (nSPS) is 17.5. The fourth-order valence-corrected chi connectivity index (χ4v) is 2.88. The van der Waals surface area contributed by atoms with E-state index < -0.39 is 43.0 Å². The standard InChI is InChI=1S/C16H16ClF3N2O4/c17-12-3-1-10(2-4-12)6-21(8-14(24)25)15(26)11-5-13(23)22(7-11)9-16(18,19)20/h1-4,11H,5-9H2,(H,24,25). The van der Waals surface area contributed by atoms with Gasteiger partial charge in [0.1, 0.15) is 13.1 Å². The van der Waals surface area contributed by atoms with Gasteiger partial charge in [-0.25, -0.2) is 0 Å². The fraction of sp³-hybridized carbons (Fsp3) is 0.438. The summed E-state index contributed by atoms with van der Waals surface area (Å²) in [6, 6.07) is 6.37. The van der Waals surface area contributed by atoms with Crippen LogP contribution in [-0.4, -0.2) is 58.5 Å². The molecule has 2 amide bonds. The Bertz CT molecular complexity index is 694. The molecule has 0 bridgehead atoms. The van der Waals surface area contributed by atoms with Crippen LogP contribution in [0.3, 0.4) is 0 Å². The molecule has 1 aromatic carbocycles. The Morgan fingerprint density at radius 1 is 1.27 bits per heavy atom. The number of hydrogen-bond donors (Lipinski definition) is 1. The minimum Gasteiger partial charge on any atom is -0.480 e. The van der Waals surface area contributed by atoms with E-state index in [4.69, 9.17) is 16.7 Å². The summed E-state index contributed by atoms with van der Waals surface area (Å²) in [5, 5.41) is 9.48. The van der Waals surface area contributed by atoms with E-state index in [9.17, 15) is 27.6 Å². The first-order valence-corrected chi connectivity index (χ1v) is 8.02. The van der Waals surface area contributed by atoms with Crippen molar-refractivity contribution in [1.82, 2.24) is 9.80 Å². The summed E-state index contributed by atoms with van der Waals surface area (Å²) in [6.45, 7) is -2.47. The number of benzene rings is 1. The third-order valence-electron chi connectivity index (χ3n) is 3.86. The highest BCUT2D eigenvalue weighted by Gasteiger charge is 2.41. The predicted molar refractivity (Wildman–Crippen MR) is 85.2 cm³/mol. The third-order valence-corrected chi connectivity index (χ3v) is 4.11. The number of amides is 2. The molecule has 1 unspecified atom stereocenters. The minimum atomic E-state index is -4.56. The van der Waals surface area contributed by atoms with Gasteiger partial charge in [-0.3, -0.25) is 14.4 Å². The lowest BCUT2D eigenvalue weighted by Crippen LogP contribution is -2.41. The highest BCUT2D eigenvalue weighted by molar-refractivity contribution is 6.30. The Morgan fingerprint density at radius 2 is 1.88 bits per heavy atom. The van der Waals surface area contributed by atoms with Gasteiger partial charge in [0.2, 0.25) is 11.8 Å². The lowest BCUT2D eigenvalue weighted by atomic mass is 10.1. The first-order valence-electron chi connectivity index (χ1n) is 7.64. The van der Waals surface area contributed by atoms with Crippen molar-refractivity contribution in [2.45, 2.75) is 19.1 Å². The molecule has 0 aromatic heterocycles. The molecule has 26 heavy (non-hydrogen) atoms. The summed E-state index contributed by atoms with van der Waals surface area (Å²) in [4.78, 5) is 37.0. The van der Waals surface area contributed by atoms with E-state index >= 15 is 0 Å². The summed E-state index contributed by atoms with van der Waals surface area (Å²) in [5.74, 6) is -3.71. The molecule has 0 saturated carbocycles. The molecule has 1 N–H and O–H groups in total. The van der Waals surface area contributed by atoms with E-state index in [1.54, 1.807) is 24.3 Å². The van der Waals surface area contributed by atoms with Gasteiger partial charge in [-0.2, -0.15) is 13.2 Å². The second-order valence-electron chi connectivity index (χ2n) is 6.00. The Kier molecular flexibility index (Phi) is 6.12. The first-order chi connectivity index (χ1) is 12.0. The van der Waals surface area contributed by atoms with E-state index in [0.717, 1.165) is 4.90 Å². The molecule has 142 valence electrons. The van der Waals surface area contributed by atoms with Crippen molar-refractivity contribution in [3.05, 3.63) is 34.9 Å². The molecule has 0 aliphatic carbocycles. The number of carbonyl (C=O) groups is 3. The second kappa shape index (κ2) is 7.94. The van der Waals surface area contributed by atoms with Crippen LogP contribution >= 0.6 is 11.6 Å². The maximum Gasteiger partial charge on any atom is 0.406 e. The monoisotopic (exact) mass is 392 g/mol. The predicted octanol–water partition coefficient (Wildman–Crippen LogP) is 2.16. The van der Waals surface area contributed by atoms with Crippen molar-refractivity contribution in [3.8, 4) is 0 Å². The maximum atomic E-state index is 12.6. The van der Waals surface area contributed by atoms with E-state index in [0.29, 0.717) is 15.5 Å². The summed E-state index contributed by atoms with van der Waals surface area (Å²) in [6.07, 6.45) is -4.93. The highest BCUT2D eigenvalue weighted by Crippen LogP contribution is 2.25. The van der Waals surface area contributed by atoms with Crippen molar-refractivity contribution in [3.63, 3.8) is 0 Å². The summed E-state index contributed by atoms with van der Waals surface area (Å²) in [7, 11) is 0. The zero-order valence-corrected chi connectivity index (χ0v) is 14.3. The summed E-state index contributed by atoms with van der Waals surface area (Å²) >= 11 is 5.77. The number of carbonyl (C=O) groups excluding carboxylic acids is 2. The summed E-state index contributed by atoms with van der Waals surface area (Å²) in [5.41, 5.74) is 0.612. The zero-order chi connectivity index (χ0) is 19.5. The van der Waals surface area contributed by atoms with Gasteiger partial charge >= 0.3 is 12.1 Å². The summed E-state index contributed by atoms with van der Waals surface area (Å²) < 4.78 is 37.4. The average molecular weight is 393 g/mol. The van der Waals surface area contributed by atoms with Crippen molar-refractivity contribution in [2.75, 3.05) is 19.6 Å². The highest BCUT2D eigenvalue weighted by atomic mass is 35.5. The Labute approximate surface area is 152 Å². The van der Waals surface area contributed by atoms with E-state index in [1.165, 1.54) is 0 Å². The largest absolute Gasteiger partial charge is 0.480 e. The number of hydrogen-bond acceptors (Lipinski definition) is 3. The molecule has 6 nitrogen and oxygen atoms in total. The topological polar surface area (TPSA) is 77.9 Å². The van der Waals surface area contributed by atoms with Gasteiger partial charge in [-0.15, -0.1) is 0 Å². The lowest BCUT2D eigenvalue weighted by Gasteiger charge is -2.24. The molecular formula is C16H16ClF3N2O4. The van der Waals surface area contributed by atoms with Crippen LogP contribution in [0.2, 0.25) is 5.02 Å². The third kappa shape index (κ3) is 5.62. The Balaban J connectivity index is 2.10. The number of halogens is 4. The van der Waals surface area contributed by atoms with Crippen LogP contribution in [0.5, 0.6) is 0 Å². The average Bonchev–Trinajstić information content (AvgIpc) is 2.86. The molecule has 10 heteroatoms. The number of alkyl halides is 3. The van der Waals surface area contributed by atoms with Crippen molar-refractivity contribution in [1.29, 1.82) is 0 Å². The van der Waals surface area contributed by atoms with Crippen LogP contribution in [0.1, 0.15) is 12.0 Å². The molecular weight excluding hydrogens is 377 g/mol. The molecule has 2 rings (SSSR count). The molecule has 1 heterocycles. The van der Waals surface area contributed by atoms with E-state index in [1.807, 2.05) is 0 Å². The number of likely N-dealkylation sites (tertiary alicyclic amines) is 1. The van der Waals surface area contributed by atoms with Gasteiger partial charge in [-0.05, 0) is 17.7 Å². The van der Waals surface area contributed by atoms with Crippen LogP contribution < -0.4 is 0 Å². The Morgan fingerprint density at radius 3 is 2.42 bits per heavy atom. The van der Waals surface area contributed by atoms with E-state index in [2.05, 4.69) is 0 Å². The number of aliphatic carboxylic acids is 1. The molecule has 1 saturated heterocycles. The van der Waals surface area contributed by atoms with Crippen LogP contribution in [0.15, 0.2) is 24.3 Å². The zero-order valence-electron chi connectivity index (χ0n) is 13.5. The maximum absolute atomic E-state index is 12.6. The van der Waals surface area contributed by atoms with E-state index in [-0.39, 0.29) is 19.5 Å². The van der Waals surface area contributed by atoms with Crippen LogP contribution in [0.25, 0.3) is 0 Å². The second-order valence-corrected chi connectivity index (χ2v) is 6.44. The Hall–Kier alpha value is -2.29. The van der Waals surface area contributed by atoms with Gasteiger partial charge < -0.3 is 14.9 Å². The molecule has 0 spiro atoms. The van der Waals surface area contributed by atoms with Crippen molar-refractivity contribution >= 4 is 29.4 Å². The van der Waals surface area contributed by atoms with Gasteiger partial charge in [0, 0.05) is 24.5 Å². The first kappa shape index (κ1) is 20.0. The van der Waals surface area contributed by atoms with Gasteiger partial charge in [0.25, 0.3) is 0 Å². The number of rotatable bonds is 6. The quantitative estimate of drug-likeness (QED) is 0.804. The molecule has 1 aliphatic rings. The molecule has 1 aromatic rings. The number of nitrogens with zero attached hydrogens (tertiary/aromatic N) is 2. The number of carboxylic acids is 1. The minimum absolute atomic E-state index is 0.0493. The SMILES string of the molecule is O=C(O)CN(Cc1ccc(Cl)cc1)C(=O)C1CC(=O)N(CC(F)(F)F)C1. The molecule has 1 atom stereocenters. The number of carboxylic acid groups (broad SMARTS) is 1. The van der Waals surface area contributed by atoms with Crippen LogP contribution in [0, 0.1) is 5.92 Å². The van der Waals surface area contributed by atoms with Gasteiger partial charge in [-0.1, -0.05) is 23.7 Å². The lowest BCUT2D eigenvalue weighted by molar-refractivity contribution is -0.157. The smallest absolute Gasteiger partial charge is 0.406 e. The van der Waals surface area contributed by atoms with Crippen molar-refractivity contribution in [2.24, 2.45) is 5.92 Å². The fourth-order valence-electron chi connectivity index (χ4n) is 2.75. The molecule has 1 aliphatic heterocycles. The van der Waals surface area contributed by atoms with Crippen molar-refractivity contribution < 1.29 is 32.7 Å². The van der Waals surface area contributed by atoms with Crippen LogP contribution in [0.4, 0.5) is 13.2 Å².